The number of nitrogens with zero attached hydrogens (tertiary/aromatic N) is 1. The summed E-state index contributed by atoms with van der Waals surface area (Å²) < 4.78 is 28.5. The van der Waals surface area contributed by atoms with Crippen LogP contribution in [0.25, 0.3) is 0 Å². The van der Waals surface area contributed by atoms with Crippen molar-refractivity contribution in [2.45, 2.75) is 49.5 Å². The Labute approximate surface area is 188 Å². The maximum Gasteiger partial charge on any atom is 0.255 e. The minimum absolute atomic E-state index is 0.0498. The molecular weight excluding hydrogens is 438 g/mol. The topological polar surface area (TPSA) is 113 Å². The molecule has 1 fully saturated rings. The molecule has 0 aromatic heterocycles. The number of nitrogens with one attached hydrogen (secondary N) is 1. The molecule has 0 unspecified atom stereocenters. The smallest absolute Gasteiger partial charge is 0.255 e. The summed E-state index contributed by atoms with van der Waals surface area (Å²) in [5.74, 6) is -0.674. The van der Waals surface area contributed by atoms with Gasteiger partial charge in [-0.05, 0) is 62.2 Å². The molecule has 7 nitrogen and oxygen atoms in total. The lowest BCUT2D eigenvalue weighted by molar-refractivity contribution is 0.102. The van der Waals surface area contributed by atoms with Crippen molar-refractivity contribution in [2.75, 3.05) is 18.4 Å². The molecule has 4 N–H and O–H groups in total. The summed E-state index contributed by atoms with van der Waals surface area (Å²) >= 11 is 5.93. The van der Waals surface area contributed by atoms with Gasteiger partial charge in [0.15, 0.2) is 0 Å². The zero-order valence-corrected chi connectivity index (χ0v) is 18.8. The number of halogens is 1. The number of rotatable bonds is 8. The number of phenolic OH excluding ortho intramolecular Hbond substituents is 1. The first-order valence-electron chi connectivity index (χ1n) is 10.4. The minimum atomic E-state index is -3.79. The van der Waals surface area contributed by atoms with E-state index in [1.54, 1.807) is 10.4 Å². The Morgan fingerprint density at radius 2 is 1.90 bits per heavy atom. The molecule has 0 bridgehead atoms. The van der Waals surface area contributed by atoms with Crippen molar-refractivity contribution in [3.63, 3.8) is 0 Å². The summed E-state index contributed by atoms with van der Waals surface area (Å²) in [5, 5.41) is 12.9. The lowest BCUT2D eigenvalue weighted by Crippen LogP contribution is -2.42. The first-order valence-corrected chi connectivity index (χ1v) is 12.3. The minimum Gasteiger partial charge on any atom is -0.506 e. The van der Waals surface area contributed by atoms with Gasteiger partial charge in [0, 0.05) is 23.2 Å². The van der Waals surface area contributed by atoms with Crippen molar-refractivity contribution < 1.29 is 18.3 Å². The lowest BCUT2D eigenvalue weighted by Gasteiger charge is -2.33. The third-order valence-corrected chi connectivity index (χ3v) is 7.66. The number of carbonyl (C=O) groups excluding carboxylic acids is 1. The Morgan fingerprint density at radius 3 is 2.61 bits per heavy atom. The number of hydrogen-bond acceptors (Lipinski definition) is 5. The number of phenols is 1. The van der Waals surface area contributed by atoms with E-state index in [0.717, 1.165) is 32.1 Å². The standard InChI is InChI=1S/C22H28ClN3O4S/c23-17-10-11-21(27)20(15-17)25-22(28)16-6-4-9-19(14-16)31(29,30)26(13-5-12-24)18-7-2-1-3-8-18/h4,6,9-11,14-15,18,27H,1-3,5,7-8,12-13,24H2,(H,25,28). The van der Waals surface area contributed by atoms with Gasteiger partial charge in [0.2, 0.25) is 10.0 Å². The number of sulfonamides is 1. The number of nitrogens with two attached hydrogens (primary N) is 1. The maximum absolute atomic E-state index is 13.5. The van der Waals surface area contributed by atoms with Gasteiger partial charge in [0.25, 0.3) is 5.91 Å². The Bertz CT molecular complexity index is 1020. The van der Waals surface area contributed by atoms with Crippen LogP contribution in [0.3, 0.4) is 0 Å². The summed E-state index contributed by atoms with van der Waals surface area (Å²) in [6, 6.07) is 10.2. The second-order valence-corrected chi connectivity index (χ2v) is 10.0. The molecule has 2 aromatic carbocycles. The highest BCUT2D eigenvalue weighted by Crippen LogP contribution is 2.29. The highest BCUT2D eigenvalue weighted by Gasteiger charge is 2.32. The summed E-state index contributed by atoms with van der Waals surface area (Å²) in [5.41, 5.74) is 5.96. The van der Waals surface area contributed by atoms with Crippen LogP contribution < -0.4 is 11.1 Å². The Hall–Kier alpha value is -2.13. The van der Waals surface area contributed by atoms with Crippen molar-refractivity contribution in [3.05, 3.63) is 53.1 Å². The summed E-state index contributed by atoms with van der Waals surface area (Å²) in [4.78, 5) is 12.8. The van der Waals surface area contributed by atoms with Gasteiger partial charge in [-0.15, -0.1) is 0 Å². The SMILES string of the molecule is NCCCN(C1CCCCC1)S(=O)(=O)c1cccc(C(=O)Nc2cc(Cl)ccc2O)c1. The van der Waals surface area contributed by atoms with E-state index in [0.29, 0.717) is 24.5 Å². The zero-order valence-electron chi connectivity index (χ0n) is 17.3. The van der Waals surface area contributed by atoms with Crippen LogP contribution in [0.15, 0.2) is 47.4 Å². The fourth-order valence-corrected chi connectivity index (χ4v) is 5.79. The Kier molecular flexibility index (Phi) is 7.94. The van der Waals surface area contributed by atoms with Gasteiger partial charge in [-0.25, -0.2) is 8.42 Å². The van der Waals surface area contributed by atoms with Crippen molar-refractivity contribution in [1.29, 1.82) is 0 Å². The van der Waals surface area contributed by atoms with Crippen LogP contribution in [0.4, 0.5) is 5.69 Å². The largest absolute Gasteiger partial charge is 0.506 e. The van der Waals surface area contributed by atoms with Crippen LogP contribution >= 0.6 is 11.6 Å². The average molecular weight is 466 g/mol. The molecule has 0 atom stereocenters. The fraction of sp³-hybridized carbons (Fsp3) is 0.409. The molecular formula is C22H28ClN3O4S. The molecule has 1 amide bonds. The van der Waals surface area contributed by atoms with Crippen molar-refractivity contribution >= 4 is 33.2 Å². The number of aromatic hydroxyl groups is 1. The summed E-state index contributed by atoms with van der Waals surface area (Å²) in [6.45, 7) is 0.765. The molecule has 0 saturated heterocycles. The number of amides is 1. The molecule has 0 heterocycles. The molecule has 3 rings (SSSR count). The Morgan fingerprint density at radius 1 is 1.16 bits per heavy atom. The molecule has 0 spiro atoms. The van der Waals surface area contributed by atoms with Gasteiger partial charge in [-0.3, -0.25) is 4.79 Å². The number of benzene rings is 2. The van der Waals surface area contributed by atoms with Gasteiger partial charge in [-0.1, -0.05) is 36.9 Å². The third kappa shape index (κ3) is 5.77. The second kappa shape index (κ2) is 10.5. The second-order valence-electron chi connectivity index (χ2n) is 7.69. The van der Waals surface area contributed by atoms with E-state index in [4.69, 9.17) is 17.3 Å². The van der Waals surface area contributed by atoms with E-state index >= 15 is 0 Å². The zero-order chi connectivity index (χ0) is 22.4. The molecule has 168 valence electrons. The van der Waals surface area contributed by atoms with Crippen molar-refractivity contribution in [2.24, 2.45) is 5.73 Å². The van der Waals surface area contributed by atoms with Crippen LogP contribution in [0.5, 0.6) is 5.75 Å². The predicted molar refractivity (Wildman–Crippen MR) is 122 cm³/mol. The molecule has 9 heteroatoms. The number of carbonyl (C=O) groups is 1. The van der Waals surface area contributed by atoms with Gasteiger partial charge in [0.1, 0.15) is 5.75 Å². The van der Waals surface area contributed by atoms with E-state index in [1.165, 1.54) is 36.4 Å². The average Bonchev–Trinajstić information content (AvgIpc) is 2.77. The highest BCUT2D eigenvalue weighted by molar-refractivity contribution is 7.89. The molecule has 1 aliphatic rings. The van der Waals surface area contributed by atoms with Crippen LogP contribution in [-0.2, 0) is 10.0 Å². The van der Waals surface area contributed by atoms with E-state index < -0.39 is 15.9 Å². The highest BCUT2D eigenvalue weighted by atomic mass is 35.5. The van der Waals surface area contributed by atoms with Crippen LogP contribution in [0.2, 0.25) is 5.02 Å². The normalized spacial score (nSPS) is 15.2. The van der Waals surface area contributed by atoms with E-state index in [-0.39, 0.29) is 27.9 Å². The Balaban J connectivity index is 1.86. The van der Waals surface area contributed by atoms with Crippen LogP contribution in [0.1, 0.15) is 48.9 Å². The van der Waals surface area contributed by atoms with E-state index in [1.807, 2.05) is 0 Å². The third-order valence-electron chi connectivity index (χ3n) is 5.47. The van der Waals surface area contributed by atoms with E-state index in [2.05, 4.69) is 5.32 Å². The molecule has 0 radical (unpaired) electrons. The maximum atomic E-state index is 13.5. The first kappa shape index (κ1) is 23.5. The molecule has 1 aliphatic carbocycles. The molecule has 31 heavy (non-hydrogen) atoms. The van der Waals surface area contributed by atoms with Crippen molar-refractivity contribution in [3.8, 4) is 5.75 Å². The van der Waals surface area contributed by atoms with Gasteiger partial charge >= 0.3 is 0 Å². The monoisotopic (exact) mass is 465 g/mol. The van der Waals surface area contributed by atoms with E-state index in [9.17, 15) is 18.3 Å². The van der Waals surface area contributed by atoms with Crippen LogP contribution in [-0.4, -0.2) is 42.9 Å². The molecule has 1 saturated carbocycles. The first-order chi connectivity index (χ1) is 14.8. The molecule has 2 aromatic rings. The molecule has 0 aliphatic heterocycles. The summed E-state index contributed by atoms with van der Waals surface area (Å²) in [6.07, 6.45) is 5.36. The summed E-state index contributed by atoms with van der Waals surface area (Å²) in [7, 11) is -3.79. The van der Waals surface area contributed by atoms with Gasteiger partial charge in [0.05, 0.1) is 10.6 Å². The van der Waals surface area contributed by atoms with Gasteiger partial charge in [-0.2, -0.15) is 4.31 Å². The quantitative estimate of drug-likeness (QED) is 0.510. The van der Waals surface area contributed by atoms with Crippen molar-refractivity contribution in [1.82, 2.24) is 4.31 Å². The predicted octanol–water partition coefficient (Wildman–Crippen LogP) is 3.97. The number of anilines is 1. The van der Waals surface area contributed by atoms with Crippen LogP contribution in [0, 0.1) is 0 Å². The van der Waals surface area contributed by atoms with Gasteiger partial charge < -0.3 is 16.2 Å². The lowest BCUT2D eigenvalue weighted by atomic mass is 9.95. The number of hydrogen-bond donors (Lipinski definition) is 3. The fourth-order valence-electron chi connectivity index (χ4n) is 3.85.